The first kappa shape index (κ1) is 21.5. The van der Waals surface area contributed by atoms with Crippen LogP contribution in [0.3, 0.4) is 0 Å². The molecule has 0 N–H and O–H groups in total. The molecule has 166 valence electrons. The molecule has 0 spiro atoms. The third-order valence-corrected chi connectivity index (χ3v) is 6.90. The van der Waals surface area contributed by atoms with Crippen LogP contribution in [0.5, 0.6) is 0 Å². The van der Waals surface area contributed by atoms with Crippen molar-refractivity contribution in [2.75, 3.05) is 13.7 Å². The van der Waals surface area contributed by atoms with Crippen molar-refractivity contribution in [3.63, 3.8) is 0 Å². The fourth-order valence-corrected chi connectivity index (χ4v) is 4.75. The summed E-state index contributed by atoms with van der Waals surface area (Å²) < 4.78 is 56.6. The second kappa shape index (κ2) is 7.16. The number of aryl methyl sites for hydroxylation is 1. The van der Waals surface area contributed by atoms with Crippen molar-refractivity contribution in [2.24, 2.45) is 5.10 Å². The zero-order valence-electron chi connectivity index (χ0n) is 18.0. The molecule has 0 aromatic heterocycles. The highest BCUT2D eigenvalue weighted by molar-refractivity contribution is 7.89. The number of ether oxygens (including phenoxy) is 5. The molecule has 1 aromatic rings. The van der Waals surface area contributed by atoms with Crippen LogP contribution in [0.1, 0.15) is 33.3 Å². The van der Waals surface area contributed by atoms with Crippen molar-refractivity contribution >= 4 is 15.9 Å². The maximum Gasteiger partial charge on any atom is 0.278 e. The monoisotopic (exact) mass is 440 g/mol. The summed E-state index contributed by atoms with van der Waals surface area (Å²) in [5.41, 5.74) is 0.964. The summed E-state index contributed by atoms with van der Waals surface area (Å²) in [6.07, 6.45) is -2.13. The third-order valence-electron chi connectivity index (χ3n) is 5.26. The second-order valence-electron chi connectivity index (χ2n) is 8.66. The van der Waals surface area contributed by atoms with Crippen molar-refractivity contribution in [1.82, 2.24) is 4.41 Å². The van der Waals surface area contributed by atoms with E-state index in [1.165, 1.54) is 7.05 Å². The lowest BCUT2D eigenvalue weighted by Crippen LogP contribution is -2.62. The Hall–Kier alpha value is -1.72. The van der Waals surface area contributed by atoms with Crippen LogP contribution in [0, 0.1) is 6.92 Å². The average molecular weight is 441 g/mol. The standard InChI is InChI=1S/C20H28N2O7S/c1-12-7-9-13(10-8-12)30(23,24)22(6)21-18-17-16(28-20(4,5)29-17)15-14(26-18)11-25-19(2,3)27-15/h7-10,14-17H,11H2,1-6H3/b21-18-/t14-,15-,16+,17+/m1/s1. The molecular formula is C20H28N2O7S. The zero-order valence-corrected chi connectivity index (χ0v) is 18.8. The van der Waals surface area contributed by atoms with Crippen LogP contribution in [0.25, 0.3) is 0 Å². The van der Waals surface area contributed by atoms with Crippen molar-refractivity contribution in [3.05, 3.63) is 29.8 Å². The Balaban J connectivity index is 1.65. The maximum absolute atomic E-state index is 12.9. The Morgan fingerprint density at radius 1 is 1.00 bits per heavy atom. The first-order valence-corrected chi connectivity index (χ1v) is 11.3. The molecule has 1 aromatic carbocycles. The number of benzene rings is 1. The normalized spacial score (nSPS) is 33.5. The Bertz CT molecular complexity index is 942. The number of nitrogens with zero attached hydrogens (tertiary/aromatic N) is 2. The molecule has 4 atom stereocenters. The fraction of sp³-hybridized carbons (Fsp3) is 0.650. The van der Waals surface area contributed by atoms with Crippen molar-refractivity contribution in [1.29, 1.82) is 0 Å². The SMILES string of the molecule is Cc1ccc(S(=O)(=O)N(C)/N=C2\O[C@@H]3COC(C)(C)O[C@H]3[C@@H]3OC(C)(C)O[C@H]23)cc1. The maximum atomic E-state index is 12.9. The van der Waals surface area contributed by atoms with Crippen LogP contribution in [-0.4, -0.2) is 68.4 Å². The summed E-state index contributed by atoms with van der Waals surface area (Å²) in [6, 6.07) is 6.57. The summed E-state index contributed by atoms with van der Waals surface area (Å²) in [5.74, 6) is -1.56. The van der Waals surface area contributed by atoms with Crippen molar-refractivity contribution < 1.29 is 32.1 Å². The molecule has 9 nitrogen and oxygen atoms in total. The van der Waals surface area contributed by atoms with E-state index in [-0.39, 0.29) is 17.4 Å². The van der Waals surface area contributed by atoms with E-state index in [1.807, 2.05) is 20.8 Å². The van der Waals surface area contributed by atoms with Gasteiger partial charge in [-0.3, -0.25) is 0 Å². The topological polar surface area (TPSA) is 95.9 Å². The molecule has 3 aliphatic heterocycles. The molecule has 3 saturated heterocycles. The molecule has 4 rings (SSSR count). The molecule has 0 aliphatic carbocycles. The minimum atomic E-state index is -3.85. The summed E-state index contributed by atoms with van der Waals surface area (Å²) in [4.78, 5) is 0.139. The van der Waals surface area contributed by atoms with E-state index in [0.717, 1.165) is 9.98 Å². The van der Waals surface area contributed by atoms with Gasteiger partial charge >= 0.3 is 0 Å². The Kier molecular flexibility index (Phi) is 5.14. The smallest absolute Gasteiger partial charge is 0.278 e. The van der Waals surface area contributed by atoms with Gasteiger partial charge in [0, 0.05) is 7.05 Å². The predicted octanol–water partition coefficient (Wildman–Crippen LogP) is 2.00. The van der Waals surface area contributed by atoms with E-state index in [2.05, 4.69) is 5.10 Å². The Morgan fingerprint density at radius 2 is 1.63 bits per heavy atom. The number of hydrogen-bond donors (Lipinski definition) is 0. The first-order chi connectivity index (χ1) is 13.9. The molecule has 0 bridgehead atoms. The quantitative estimate of drug-likeness (QED) is 0.664. The second-order valence-corrected chi connectivity index (χ2v) is 10.6. The van der Waals surface area contributed by atoms with Gasteiger partial charge in [-0.2, -0.15) is 12.8 Å². The lowest BCUT2D eigenvalue weighted by atomic mass is 9.98. The van der Waals surface area contributed by atoms with E-state index >= 15 is 0 Å². The van der Waals surface area contributed by atoms with Gasteiger partial charge in [0.25, 0.3) is 10.0 Å². The molecular weight excluding hydrogens is 412 g/mol. The van der Waals surface area contributed by atoms with E-state index in [9.17, 15) is 8.42 Å². The summed E-state index contributed by atoms with van der Waals surface area (Å²) >= 11 is 0. The van der Waals surface area contributed by atoms with Crippen LogP contribution in [0.4, 0.5) is 0 Å². The molecule has 3 fully saturated rings. The molecule has 30 heavy (non-hydrogen) atoms. The number of rotatable bonds is 3. The van der Waals surface area contributed by atoms with Crippen LogP contribution in [0.15, 0.2) is 34.3 Å². The minimum Gasteiger partial charge on any atom is -0.469 e. The van der Waals surface area contributed by atoms with Gasteiger partial charge in [-0.1, -0.05) is 17.7 Å². The fourth-order valence-electron chi connectivity index (χ4n) is 3.77. The van der Waals surface area contributed by atoms with Crippen LogP contribution in [-0.2, 0) is 33.7 Å². The van der Waals surface area contributed by atoms with Gasteiger partial charge in [-0.05, 0) is 46.8 Å². The minimum absolute atomic E-state index is 0.122. The highest BCUT2D eigenvalue weighted by Crippen LogP contribution is 2.40. The van der Waals surface area contributed by atoms with Gasteiger partial charge in [0.15, 0.2) is 23.8 Å². The Labute approximate surface area is 176 Å². The highest BCUT2D eigenvalue weighted by Gasteiger charge is 2.58. The number of fused-ring (bicyclic) bond motifs is 3. The van der Waals surface area contributed by atoms with E-state index in [4.69, 9.17) is 23.7 Å². The number of hydrazone groups is 1. The Morgan fingerprint density at radius 3 is 2.30 bits per heavy atom. The van der Waals surface area contributed by atoms with Crippen LogP contribution >= 0.6 is 0 Å². The van der Waals surface area contributed by atoms with Gasteiger partial charge in [-0.15, -0.1) is 5.10 Å². The number of sulfonamides is 1. The van der Waals surface area contributed by atoms with Crippen LogP contribution in [0.2, 0.25) is 0 Å². The first-order valence-electron chi connectivity index (χ1n) is 9.86. The lowest BCUT2D eigenvalue weighted by Gasteiger charge is -2.46. The van der Waals surface area contributed by atoms with Crippen LogP contribution < -0.4 is 0 Å². The van der Waals surface area contributed by atoms with Gasteiger partial charge in [0.05, 0.1) is 11.5 Å². The third kappa shape index (κ3) is 3.94. The van der Waals surface area contributed by atoms with Crippen molar-refractivity contribution in [3.8, 4) is 0 Å². The number of hydrogen-bond acceptors (Lipinski definition) is 8. The molecule has 0 unspecified atom stereocenters. The van der Waals surface area contributed by atoms with Gasteiger partial charge in [0.2, 0.25) is 5.90 Å². The van der Waals surface area contributed by atoms with E-state index < -0.39 is 46.0 Å². The summed E-state index contributed by atoms with van der Waals surface area (Å²) in [5, 5.41) is 4.27. The van der Waals surface area contributed by atoms with Gasteiger partial charge in [-0.25, -0.2) is 0 Å². The average Bonchev–Trinajstić information content (AvgIpc) is 2.98. The molecule has 0 saturated carbocycles. The molecule has 0 radical (unpaired) electrons. The van der Waals surface area contributed by atoms with Crippen molar-refractivity contribution in [2.45, 2.75) is 75.5 Å². The van der Waals surface area contributed by atoms with E-state index in [0.29, 0.717) is 0 Å². The summed E-state index contributed by atoms with van der Waals surface area (Å²) in [7, 11) is -2.49. The molecule has 3 aliphatic rings. The zero-order chi connectivity index (χ0) is 21.9. The predicted molar refractivity (Wildman–Crippen MR) is 107 cm³/mol. The molecule has 3 heterocycles. The van der Waals surface area contributed by atoms with Gasteiger partial charge < -0.3 is 23.7 Å². The molecule has 0 amide bonds. The highest BCUT2D eigenvalue weighted by atomic mass is 32.2. The van der Waals surface area contributed by atoms with Gasteiger partial charge in [0.1, 0.15) is 12.2 Å². The lowest BCUT2D eigenvalue weighted by molar-refractivity contribution is -0.324. The summed E-state index contributed by atoms with van der Waals surface area (Å²) in [6.45, 7) is 9.37. The van der Waals surface area contributed by atoms with E-state index in [1.54, 1.807) is 38.1 Å². The molecule has 10 heteroatoms. The largest absolute Gasteiger partial charge is 0.469 e.